The lowest BCUT2D eigenvalue weighted by Crippen LogP contribution is -2.45. The molecule has 8 rings (SSSR count). The minimum Gasteiger partial charge on any atom is -0.478 e. The minimum absolute atomic E-state index is 0.0560. The molecule has 3 aromatic rings. The second kappa shape index (κ2) is 13.5. The minimum atomic E-state index is -1.23. The number of carboxylic acid groups (broad SMARTS) is 1. The van der Waals surface area contributed by atoms with Crippen LogP contribution in [0, 0.1) is 0 Å². The number of nitrogens with zero attached hydrogens (tertiary/aromatic N) is 2. The van der Waals surface area contributed by atoms with Crippen molar-refractivity contribution in [1.82, 2.24) is 9.89 Å². The van der Waals surface area contributed by atoms with Gasteiger partial charge in [-0.1, -0.05) is 36.5 Å². The zero-order chi connectivity index (χ0) is 34.7. The number of hydrogen-bond acceptors (Lipinski definition) is 5. The van der Waals surface area contributed by atoms with Crippen LogP contribution < -0.4 is 35.8 Å². The van der Waals surface area contributed by atoms with Crippen LogP contribution in [-0.4, -0.2) is 55.2 Å². The van der Waals surface area contributed by atoms with E-state index in [2.05, 4.69) is 39.9 Å². The molecule has 1 aliphatic carbocycles. The van der Waals surface area contributed by atoms with Gasteiger partial charge in [0, 0.05) is 76.7 Å². The van der Waals surface area contributed by atoms with Gasteiger partial charge in [0.25, 0.3) is 5.91 Å². The lowest BCUT2D eigenvalue weighted by Gasteiger charge is -2.35. The van der Waals surface area contributed by atoms with Gasteiger partial charge in [-0.05, 0) is 82.1 Å². The Balaban J connectivity index is 1.37. The van der Waals surface area contributed by atoms with Gasteiger partial charge in [-0.25, -0.2) is 9.37 Å². The molecule has 50 heavy (non-hydrogen) atoms. The highest BCUT2D eigenvalue weighted by Crippen LogP contribution is 2.48. The largest absolute Gasteiger partial charge is 0.478 e. The van der Waals surface area contributed by atoms with Crippen molar-refractivity contribution < 1.29 is 19.4 Å². The Morgan fingerprint density at radius 3 is 2.54 bits per heavy atom. The Morgan fingerprint density at radius 1 is 1.02 bits per heavy atom. The second-order valence-corrected chi connectivity index (χ2v) is 15.4. The number of unbranched alkanes of at least 4 members (excludes halogenated alkanes) is 1. The lowest BCUT2D eigenvalue weighted by molar-refractivity contribution is 0.0696. The second-order valence-electron chi connectivity index (χ2n) is 14.7. The fourth-order valence-corrected chi connectivity index (χ4v) is 9.64. The number of benzene rings is 3. The fourth-order valence-electron chi connectivity index (χ4n) is 9.03. The number of fused-ring (bicyclic) bond motifs is 5. The molecule has 4 N–H and O–H groups in total. The van der Waals surface area contributed by atoms with E-state index in [0.717, 1.165) is 131 Å². The molecule has 0 radical (unpaired) electrons. The fraction of sp³-hybridized carbons (Fsp3) is 0.475. The highest BCUT2D eigenvalue weighted by Gasteiger charge is 2.37. The quantitative estimate of drug-likeness (QED) is 0.203. The van der Waals surface area contributed by atoms with Gasteiger partial charge in [0.15, 0.2) is 0 Å². The number of aryl methyl sites for hydroxylation is 1. The monoisotopic (exact) mass is 715 g/mol. The normalized spacial score (nSPS) is 20.7. The maximum atomic E-state index is 13.7. The molecule has 262 valence electrons. The summed E-state index contributed by atoms with van der Waals surface area (Å²) in [5.74, 6) is -0.0977. The van der Waals surface area contributed by atoms with Crippen molar-refractivity contribution >= 4 is 46.3 Å². The molecule has 8 nitrogen and oxygen atoms in total. The summed E-state index contributed by atoms with van der Waals surface area (Å²) in [6.45, 7) is 6.23. The number of carbonyl (C=O) groups is 2. The van der Waals surface area contributed by atoms with Crippen LogP contribution in [0.4, 0.5) is 5.69 Å². The van der Waals surface area contributed by atoms with E-state index in [-0.39, 0.29) is 33.3 Å². The Morgan fingerprint density at radius 2 is 1.78 bits per heavy atom. The van der Waals surface area contributed by atoms with E-state index in [1.165, 1.54) is 22.2 Å². The Hall–Kier alpha value is -3.59. The summed E-state index contributed by atoms with van der Waals surface area (Å²) in [7, 11) is 0. The number of amides is 1. The van der Waals surface area contributed by atoms with Crippen LogP contribution in [0.1, 0.15) is 113 Å². The number of hydrogen-bond donors (Lipinski definition) is 3. The van der Waals surface area contributed by atoms with Crippen LogP contribution in [0.2, 0.25) is 10.0 Å². The van der Waals surface area contributed by atoms with Crippen LogP contribution in [0.25, 0.3) is 5.57 Å². The van der Waals surface area contributed by atoms with E-state index in [1.54, 1.807) is 6.07 Å². The molecule has 0 aromatic heterocycles. The molecule has 0 bridgehead atoms. The molecule has 4 heterocycles. The zero-order valence-electron chi connectivity index (χ0n) is 28.7. The smallest absolute Gasteiger partial charge is 0.337 e. The van der Waals surface area contributed by atoms with Crippen molar-refractivity contribution in [3.8, 4) is 11.5 Å². The van der Waals surface area contributed by atoms with E-state index < -0.39 is 11.9 Å². The number of nitrogens with one attached hydrogen (secondary N) is 1. The van der Waals surface area contributed by atoms with Crippen molar-refractivity contribution in [3.05, 3.63) is 83.8 Å². The number of rotatable bonds is 7. The number of ether oxygens (including phenoxy) is 1. The summed E-state index contributed by atoms with van der Waals surface area (Å²) in [6.07, 6.45) is 11.2. The molecule has 4 aliphatic heterocycles. The molecule has 3 aromatic carbocycles. The molecular weight excluding hydrogens is 671 g/mol. The topological polar surface area (TPSA) is 108 Å². The van der Waals surface area contributed by atoms with E-state index in [0.29, 0.717) is 11.1 Å². The van der Waals surface area contributed by atoms with Gasteiger partial charge in [0.2, 0.25) is 5.36 Å². The number of nitrogens with two attached hydrogens (primary N) is 1. The van der Waals surface area contributed by atoms with E-state index >= 15 is 0 Å². The van der Waals surface area contributed by atoms with Crippen molar-refractivity contribution in [2.45, 2.75) is 96.1 Å². The van der Waals surface area contributed by atoms with Gasteiger partial charge in [0.05, 0.1) is 26.7 Å². The van der Waals surface area contributed by atoms with Crippen molar-refractivity contribution in [2.75, 3.05) is 31.1 Å². The number of anilines is 1. The summed E-state index contributed by atoms with van der Waals surface area (Å²) in [5, 5.41) is 16.1. The predicted octanol–water partition coefficient (Wildman–Crippen LogP) is 5.98. The van der Waals surface area contributed by atoms with Gasteiger partial charge < -0.3 is 25.8 Å². The molecule has 0 spiro atoms. The van der Waals surface area contributed by atoms with E-state index in [9.17, 15) is 14.7 Å². The molecule has 5 aliphatic rings. The Labute approximate surface area is 302 Å². The maximum absolute atomic E-state index is 13.7. The SMILES string of the molecule is CCCCN1CCCc2c1ccc1c2Oc2c3c4c(cc2=C1c1c(Cl)cc(C(=O)NC2CCC(N)CC2)c(Cl)c1C(=O)O)CCC[N+]=4CCC3. The molecular formula is C40H45Cl2N4O4+. The van der Waals surface area contributed by atoms with Crippen LogP contribution >= 0.6 is 23.2 Å². The van der Waals surface area contributed by atoms with Gasteiger partial charge in [-0.3, -0.25) is 4.79 Å². The molecule has 0 saturated heterocycles. The molecule has 0 unspecified atom stereocenters. The van der Waals surface area contributed by atoms with Crippen molar-refractivity contribution in [2.24, 2.45) is 5.73 Å². The summed E-state index contributed by atoms with van der Waals surface area (Å²) in [5.41, 5.74) is 12.6. The van der Waals surface area contributed by atoms with Gasteiger partial charge in [-0.2, -0.15) is 0 Å². The first kappa shape index (κ1) is 33.5. The molecule has 1 saturated carbocycles. The third-order valence-electron chi connectivity index (χ3n) is 11.5. The van der Waals surface area contributed by atoms with Gasteiger partial charge in [-0.15, -0.1) is 0 Å². The average Bonchev–Trinajstić information content (AvgIpc) is 3.11. The molecule has 1 fully saturated rings. The number of halogens is 2. The first-order chi connectivity index (χ1) is 24.2. The number of carbonyl (C=O) groups excluding carboxylic acids is 1. The Kier molecular flexibility index (Phi) is 9.07. The zero-order valence-corrected chi connectivity index (χ0v) is 30.2. The standard InChI is InChI=1S/C40H44Cl2N4O4/c1-2-3-16-45-17-5-8-25-31(45)15-14-26-32(28-20-22-7-4-18-46-19-6-9-27(36(22)46)38(28)50-37(25)26)33-30(41)21-29(35(42)34(33)40(48)49)39(47)44-24-12-10-23(43)11-13-24/h14-15,20-21,23-24H,2-13,16-19,43H2,1H3,(H-,44,47,48,49)/p+1. The van der Waals surface area contributed by atoms with Crippen molar-refractivity contribution in [1.29, 1.82) is 0 Å². The third-order valence-corrected chi connectivity index (χ3v) is 12.2. The van der Waals surface area contributed by atoms with E-state index in [1.807, 2.05) is 0 Å². The van der Waals surface area contributed by atoms with Crippen LogP contribution in [-0.2, 0) is 19.3 Å². The van der Waals surface area contributed by atoms with Crippen LogP contribution in [0.3, 0.4) is 0 Å². The van der Waals surface area contributed by atoms with Gasteiger partial charge >= 0.3 is 5.97 Å². The number of carboxylic acids is 1. The summed E-state index contributed by atoms with van der Waals surface area (Å²) in [6, 6.07) is 8.05. The molecule has 0 atom stereocenters. The van der Waals surface area contributed by atoms with Crippen LogP contribution in [0.5, 0.6) is 11.5 Å². The van der Waals surface area contributed by atoms with E-state index in [4.69, 9.17) is 33.7 Å². The number of aromatic carboxylic acids is 1. The van der Waals surface area contributed by atoms with Crippen molar-refractivity contribution in [3.63, 3.8) is 0 Å². The maximum Gasteiger partial charge on any atom is 0.337 e. The molecule has 1 amide bonds. The van der Waals surface area contributed by atoms with Crippen LogP contribution in [0.15, 0.2) is 24.3 Å². The first-order valence-corrected chi connectivity index (χ1v) is 19.2. The lowest BCUT2D eigenvalue weighted by atomic mass is 9.83. The summed E-state index contributed by atoms with van der Waals surface area (Å²) < 4.78 is 9.59. The van der Waals surface area contributed by atoms with Gasteiger partial charge in [0.1, 0.15) is 24.6 Å². The first-order valence-electron chi connectivity index (χ1n) is 18.5. The Bertz CT molecular complexity index is 2050. The highest BCUT2D eigenvalue weighted by molar-refractivity contribution is 6.40. The summed E-state index contributed by atoms with van der Waals surface area (Å²) in [4.78, 5) is 29.4. The predicted molar refractivity (Wildman–Crippen MR) is 198 cm³/mol. The summed E-state index contributed by atoms with van der Waals surface area (Å²) >= 11 is 14.2. The molecule has 10 heteroatoms. The third kappa shape index (κ3) is 5.68. The highest BCUT2D eigenvalue weighted by atomic mass is 35.5. The average molecular weight is 717 g/mol.